The average molecular weight is 440 g/mol. The van der Waals surface area contributed by atoms with Crippen LogP contribution in [-0.4, -0.2) is 48.0 Å². The number of nitrogens with zero attached hydrogens (tertiary/aromatic N) is 1. The van der Waals surface area contributed by atoms with Crippen LogP contribution in [0.5, 0.6) is 17.2 Å². The van der Waals surface area contributed by atoms with Crippen LogP contribution in [0.25, 0.3) is 0 Å². The van der Waals surface area contributed by atoms with Gasteiger partial charge in [0, 0.05) is 12.1 Å². The van der Waals surface area contributed by atoms with Crippen molar-refractivity contribution >= 4 is 21.6 Å². The Morgan fingerprint density at radius 2 is 1.77 bits per heavy atom. The first kappa shape index (κ1) is 23.3. The monoisotopic (exact) mass is 440 g/mol. The molecule has 0 fully saturated rings. The average Bonchev–Trinajstić information content (AvgIpc) is 2.70. The topological polar surface area (TPSA) is 94.2 Å². The lowest BCUT2D eigenvalue weighted by atomic mass is 10.1. The molecular formula is C20H25FN2O6S. The van der Waals surface area contributed by atoms with Crippen LogP contribution in [0.1, 0.15) is 12.5 Å². The van der Waals surface area contributed by atoms with E-state index in [4.69, 9.17) is 14.2 Å². The third-order valence-electron chi connectivity index (χ3n) is 4.39. The molecule has 0 aliphatic carbocycles. The molecule has 1 amide bonds. The van der Waals surface area contributed by atoms with Crippen LogP contribution >= 0.6 is 0 Å². The van der Waals surface area contributed by atoms with Gasteiger partial charge >= 0.3 is 0 Å². The molecule has 0 heterocycles. The molecule has 0 aromatic heterocycles. The van der Waals surface area contributed by atoms with E-state index in [1.807, 2.05) is 0 Å². The maximum Gasteiger partial charge on any atom is 0.243 e. The van der Waals surface area contributed by atoms with Crippen molar-refractivity contribution in [1.29, 1.82) is 0 Å². The zero-order chi connectivity index (χ0) is 22.5. The summed E-state index contributed by atoms with van der Waals surface area (Å²) in [6, 6.07) is 7.30. The quantitative estimate of drug-likeness (QED) is 0.643. The number of amides is 1. The minimum Gasteiger partial charge on any atom is -0.493 e. The van der Waals surface area contributed by atoms with Crippen molar-refractivity contribution in [2.75, 3.05) is 31.9 Å². The Balaban J connectivity index is 2.26. The number of carbonyl (C=O) groups excluding carboxylic acids is 1. The molecular weight excluding hydrogens is 415 g/mol. The van der Waals surface area contributed by atoms with Crippen LogP contribution in [0.3, 0.4) is 0 Å². The molecule has 8 nitrogen and oxygen atoms in total. The molecule has 0 saturated carbocycles. The van der Waals surface area contributed by atoms with Crippen molar-refractivity contribution < 1.29 is 31.8 Å². The number of sulfonamides is 1. The zero-order valence-electron chi connectivity index (χ0n) is 17.4. The first-order valence-electron chi connectivity index (χ1n) is 8.94. The van der Waals surface area contributed by atoms with Gasteiger partial charge in [-0.3, -0.25) is 9.10 Å². The van der Waals surface area contributed by atoms with E-state index in [-0.39, 0.29) is 12.2 Å². The summed E-state index contributed by atoms with van der Waals surface area (Å²) < 4.78 is 55.0. The Hall–Kier alpha value is -3.01. The van der Waals surface area contributed by atoms with Gasteiger partial charge in [-0.15, -0.1) is 0 Å². The van der Waals surface area contributed by atoms with Gasteiger partial charge in [-0.1, -0.05) is 6.07 Å². The van der Waals surface area contributed by atoms with Crippen LogP contribution in [-0.2, 0) is 21.4 Å². The Labute approximate surface area is 175 Å². The smallest absolute Gasteiger partial charge is 0.243 e. The standard InChI is InChI=1S/C20H25FN2O6S/c1-13(23(30(5,25)26)16-8-6-7-15(21)11-16)20(24)22-12-14-9-10-17(27-2)19(29-4)18(14)28-3/h6-11,13H,12H2,1-5H3,(H,22,24)/t13-/m0/s1. The van der Waals surface area contributed by atoms with Crippen molar-refractivity contribution in [3.63, 3.8) is 0 Å². The Morgan fingerprint density at radius 3 is 2.30 bits per heavy atom. The lowest BCUT2D eigenvalue weighted by Crippen LogP contribution is -2.47. The number of methoxy groups -OCH3 is 3. The van der Waals surface area contributed by atoms with Gasteiger partial charge in [-0.25, -0.2) is 12.8 Å². The predicted molar refractivity (Wildman–Crippen MR) is 111 cm³/mol. The summed E-state index contributed by atoms with van der Waals surface area (Å²) >= 11 is 0. The van der Waals surface area contributed by atoms with Gasteiger partial charge in [0.25, 0.3) is 0 Å². The van der Waals surface area contributed by atoms with Gasteiger partial charge in [-0.2, -0.15) is 0 Å². The highest BCUT2D eigenvalue weighted by Crippen LogP contribution is 2.39. The van der Waals surface area contributed by atoms with Crippen LogP contribution in [0, 0.1) is 5.82 Å². The number of carbonyl (C=O) groups is 1. The lowest BCUT2D eigenvalue weighted by Gasteiger charge is -2.28. The van der Waals surface area contributed by atoms with E-state index >= 15 is 0 Å². The summed E-state index contributed by atoms with van der Waals surface area (Å²) in [7, 11) is 0.568. The fourth-order valence-electron chi connectivity index (χ4n) is 3.05. The molecule has 2 aromatic carbocycles. The molecule has 1 atom stereocenters. The molecule has 0 saturated heterocycles. The number of nitrogens with one attached hydrogen (secondary N) is 1. The molecule has 0 aliphatic rings. The number of anilines is 1. The van der Waals surface area contributed by atoms with Crippen LogP contribution < -0.4 is 23.8 Å². The molecule has 0 radical (unpaired) electrons. The second-order valence-electron chi connectivity index (χ2n) is 6.43. The highest BCUT2D eigenvalue weighted by molar-refractivity contribution is 7.92. The number of hydrogen-bond acceptors (Lipinski definition) is 6. The molecule has 30 heavy (non-hydrogen) atoms. The van der Waals surface area contributed by atoms with E-state index in [2.05, 4.69) is 5.32 Å². The van der Waals surface area contributed by atoms with Crippen molar-refractivity contribution in [2.24, 2.45) is 0 Å². The minimum atomic E-state index is -3.85. The Kier molecular flexibility index (Phi) is 7.49. The van der Waals surface area contributed by atoms with Crippen molar-refractivity contribution in [3.8, 4) is 17.2 Å². The molecule has 0 aliphatic heterocycles. The summed E-state index contributed by atoms with van der Waals surface area (Å²) in [6.45, 7) is 1.47. The number of halogens is 1. The first-order valence-corrected chi connectivity index (χ1v) is 10.8. The van der Waals surface area contributed by atoms with Crippen molar-refractivity contribution in [3.05, 3.63) is 47.8 Å². The summed E-state index contributed by atoms with van der Waals surface area (Å²) in [5.41, 5.74) is 0.663. The van der Waals surface area contributed by atoms with E-state index in [0.717, 1.165) is 16.6 Å². The second kappa shape index (κ2) is 9.66. The summed E-state index contributed by atoms with van der Waals surface area (Å²) in [4.78, 5) is 12.7. The van der Waals surface area contributed by atoms with E-state index < -0.39 is 27.8 Å². The number of rotatable bonds is 9. The van der Waals surface area contributed by atoms with Gasteiger partial charge in [-0.05, 0) is 37.3 Å². The van der Waals surface area contributed by atoms with Gasteiger partial charge in [0.1, 0.15) is 11.9 Å². The summed E-state index contributed by atoms with van der Waals surface area (Å²) in [5.74, 6) is 0.0460. The van der Waals surface area contributed by atoms with E-state index in [1.165, 1.54) is 46.5 Å². The number of benzene rings is 2. The van der Waals surface area contributed by atoms with Crippen molar-refractivity contribution in [2.45, 2.75) is 19.5 Å². The third kappa shape index (κ3) is 5.12. The molecule has 0 unspecified atom stereocenters. The molecule has 2 aromatic rings. The predicted octanol–water partition coefficient (Wildman–Crippen LogP) is 2.32. The van der Waals surface area contributed by atoms with Crippen molar-refractivity contribution in [1.82, 2.24) is 5.32 Å². The number of hydrogen-bond donors (Lipinski definition) is 1. The maximum absolute atomic E-state index is 13.6. The molecule has 0 bridgehead atoms. The largest absolute Gasteiger partial charge is 0.493 e. The highest BCUT2D eigenvalue weighted by atomic mass is 32.2. The molecule has 164 valence electrons. The SMILES string of the molecule is COc1ccc(CNC(=O)[C@H](C)N(c2cccc(F)c2)S(C)(=O)=O)c(OC)c1OC. The van der Waals surface area contributed by atoms with Crippen LogP contribution in [0.15, 0.2) is 36.4 Å². The normalized spacial score (nSPS) is 12.1. The van der Waals surface area contributed by atoms with E-state index in [9.17, 15) is 17.6 Å². The summed E-state index contributed by atoms with van der Waals surface area (Å²) in [6.07, 6.45) is 0.957. The van der Waals surface area contributed by atoms with Gasteiger partial charge in [0.15, 0.2) is 11.5 Å². The van der Waals surface area contributed by atoms with Crippen LogP contribution in [0.2, 0.25) is 0 Å². The van der Waals surface area contributed by atoms with Gasteiger partial charge < -0.3 is 19.5 Å². The number of ether oxygens (including phenoxy) is 3. The molecule has 10 heteroatoms. The fraction of sp³-hybridized carbons (Fsp3) is 0.350. The molecule has 0 spiro atoms. The maximum atomic E-state index is 13.6. The molecule has 1 N–H and O–H groups in total. The Bertz CT molecular complexity index is 1010. The van der Waals surface area contributed by atoms with Gasteiger partial charge in [0.2, 0.25) is 21.7 Å². The third-order valence-corrected chi connectivity index (χ3v) is 5.63. The summed E-state index contributed by atoms with van der Waals surface area (Å²) in [5, 5.41) is 2.68. The van der Waals surface area contributed by atoms with Gasteiger partial charge in [0.05, 0.1) is 33.3 Å². The Morgan fingerprint density at radius 1 is 1.10 bits per heavy atom. The van der Waals surface area contributed by atoms with E-state index in [0.29, 0.717) is 22.8 Å². The lowest BCUT2D eigenvalue weighted by molar-refractivity contribution is -0.122. The second-order valence-corrected chi connectivity index (χ2v) is 8.29. The zero-order valence-corrected chi connectivity index (χ0v) is 18.2. The van der Waals surface area contributed by atoms with Crippen LogP contribution in [0.4, 0.5) is 10.1 Å². The highest BCUT2D eigenvalue weighted by Gasteiger charge is 2.29. The molecule has 2 rings (SSSR count). The van der Waals surface area contributed by atoms with E-state index in [1.54, 1.807) is 12.1 Å². The first-order chi connectivity index (χ1) is 14.1. The minimum absolute atomic E-state index is 0.0491. The fourth-order valence-corrected chi connectivity index (χ4v) is 4.22.